The largest absolute Gasteiger partial charge is 0.126 e. The molecule has 0 amide bonds. The van der Waals surface area contributed by atoms with E-state index in [2.05, 4.69) is 20.4 Å². The van der Waals surface area contributed by atoms with Crippen molar-refractivity contribution >= 4 is 11.6 Å². The van der Waals surface area contributed by atoms with Crippen LogP contribution in [-0.4, -0.2) is 5.88 Å². The van der Waals surface area contributed by atoms with Gasteiger partial charge in [0.25, 0.3) is 0 Å². The molecule has 0 nitrogen and oxygen atoms in total. The van der Waals surface area contributed by atoms with E-state index in [0.29, 0.717) is 5.92 Å². The van der Waals surface area contributed by atoms with Crippen LogP contribution in [-0.2, 0) is 0 Å². The predicted molar refractivity (Wildman–Crippen MR) is 57.7 cm³/mol. The summed E-state index contributed by atoms with van der Waals surface area (Å²) in [7, 11) is 0. The molecular formula is C11H21Cl. The van der Waals surface area contributed by atoms with Crippen molar-refractivity contribution in [2.75, 3.05) is 5.88 Å². The Morgan fingerprint density at radius 3 is 2.58 bits per heavy atom. The number of hydrogen-bond acceptors (Lipinski definition) is 0. The second kappa shape index (κ2) is 7.67. The minimum Gasteiger partial charge on any atom is -0.126 e. The fraction of sp³-hybridized carbons (Fsp3) is 0.818. The Bertz CT molecular complexity index is 110. The predicted octanol–water partition coefficient (Wildman–Crippen LogP) is 4.24. The highest BCUT2D eigenvalue weighted by Crippen LogP contribution is 2.20. The molecule has 0 aliphatic rings. The van der Waals surface area contributed by atoms with Crippen LogP contribution < -0.4 is 0 Å². The Kier molecular flexibility index (Phi) is 7.69. The Morgan fingerprint density at radius 2 is 2.17 bits per heavy atom. The molecule has 0 aliphatic carbocycles. The zero-order valence-corrected chi connectivity index (χ0v) is 9.11. The number of rotatable bonds is 7. The summed E-state index contributed by atoms with van der Waals surface area (Å²) >= 11 is 5.84. The molecule has 0 aromatic carbocycles. The molecule has 0 fully saturated rings. The third-order valence-electron chi connectivity index (χ3n) is 2.24. The zero-order chi connectivity index (χ0) is 9.40. The highest BCUT2D eigenvalue weighted by atomic mass is 35.5. The minimum atomic E-state index is 0.644. The normalized spacial score (nSPS) is 15.6. The first kappa shape index (κ1) is 12.0. The molecule has 0 saturated heterocycles. The van der Waals surface area contributed by atoms with E-state index in [1.165, 1.54) is 19.3 Å². The maximum Gasteiger partial charge on any atom is 0.0254 e. The van der Waals surface area contributed by atoms with Gasteiger partial charge in [-0.2, -0.15) is 0 Å². The van der Waals surface area contributed by atoms with Crippen molar-refractivity contribution in [2.24, 2.45) is 11.8 Å². The van der Waals surface area contributed by atoms with Crippen molar-refractivity contribution in [1.29, 1.82) is 0 Å². The van der Waals surface area contributed by atoms with E-state index < -0.39 is 0 Å². The van der Waals surface area contributed by atoms with Gasteiger partial charge in [-0.3, -0.25) is 0 Å². The molecule has 0 saturated carbocycles. The molecule has 2 unspecified atom stereocenters. The number of alkyl halides is 1. The second-order valence-corrected chi connectivity index (χ2v) is 3.98. The molecule has 0 aromatic rings. The van der Waals surface area contributed by atoms with Crippen LogP contribution in [0.3, 0.4) is 0 Å². The Hall–Kier alpha value is 0.0300. The van der Waals surface area contributed by atoms with Crippen molar-refractivity contribution in [1.82, 2.24) is 0 Å². The van der Waals surface area contributed by atoms with Crippen molar-refractivity contribution in [3.63, 3.8) is 0 Å². The van der Waals surface area contributed by atoms with Gasteiger partial charge in [0.05, 0.1) is 0 Å². The van der Waals surface area contributed by atoms with Crippen LogP contribution in [0.15, 0.2) is 12.7 Å². The molecule has 0 heterocycles. The van der Waals surface area contributed by atoms with Gasteiger partial charge in [-0.1, -0.05) is 32.8 Å². The lowest BCUT2D eigenvalue weighted by Gasteiger charge is -2.16. The molecule has 0 aromatic heterocycles. The van der Waals surface area contributed by atoms with Crippen molar-refractivity contribution in [3.8, 4) is 0 Å². The smallest absolute Gasteiger partial charge is 0.0254 e. The summed E-state index contributed by atoms with van der Waals surface area (Å²) in [6.07, 6.45) is 6.90. The maximum atomic E-state index is 5.84. The van der Waals surface area contributed by atoms with Gasteiger partial charge in [-0.05, 0) is 24.7 Å². The topological polar surface area (TPSA) is 0 Å². The van der Waals surface area contributed by atoms with Gasteiger partial charge in [-0.15, -0.1) is 18.2 Å². The summed E-state index contributed by atoms with van der Waals surface area (Å²) in [5.41, 5.74) is 0. The summed E-state index contributed by atoms with van der Waals surface area (Å²) in [4.78, 5) is 0. The third kappa shape index (κ3) is 5.65. The monoisotopic (exact) mass is 188 g/mol. The highest BCUT2D eigenvalue weighted by Gasteiger charge is 2.09. The molecule has 0 spiro atoms. The van der Waals surface area contributed by atoms with Gasteiger partial charge in [0.1, 0.15) is 0 Å². The van der Waals surface area contributed by atoms with Crippen LogP contribution in [0.25, 0.3) is 0 Å². The van der Waals surface area contributed by atoms with Crippen LogP contribution in [0.5, 0.6) is 0 Å². The van der Waals surface area contributed by atoms with E-state index in [1.807, 2.05) is 6.08 Å². The zero-order valence-electron chi connectivity index (χ0n) is 8.35. The van der Waals surface area contributed by atoms with E-state index in [1.54, 1.807) is 0 Å². The third-order valence-corrected chi connectivity index (χ3v) is 2.67. The lowest BCUT2D eigenvalue weighted by atomic mass is 9.92. The van der Waals surface area contributed by atoms with Gasteiger partial charge < -0.3 is 0 Å². The molecule has 2 atom stereocenters. The first-order chi connectivity index (χ1) is 5.74. The summed E-state index contributed by atoms with van der Waals surface area (Å²) < 4.78 is 0. The van der Waals surface area contributed by atoms with Gasteiger partial charge in [0, 0.05) is 5.88 Å². The first-order valence-electron chi connectivity index (χ1n) is 4.91. The summed E-state index contributed by atoms with van der Waals surface area (Å²) in [6, 6.07) is 0. The second-order valence-electron chi connectivity index (χ2n) is 3.67. The van der Waals surface area contributed by atoms with Crippen LogP contribution in [0.4, 0.5) is 0 Å². The lowest BCUT2D eigenvalue weighted by Crippen LogP contribution is -2.07. The van der Waals surface area contributed by atoms with Gasteiger partial charge in [0.15, 0.2) is 0 Å². The molecule has 12 heavy (non-hydrogen) atoms. The molecule has 0 rings (SSSR count). The van der Waals surface area contributed by atoms with E-state index >= 15 is 0 Å². The molecular weight excluding hydrogens is 168 g/mol. The summed E-state index contributed by atoms with van der Waals surface area (Å²) in [5.74, 6) is 2.24. The maximum absolute atomic E-state index is 5.84. The first-order valence-corrected chi connectivity index (χ1v) is 5.44. The fourth-order valence-corrected chi connectivity index (χ4v) is 1.89. The molecule has 72 valence electrons. The average molecular weight is 189 g/mol. The van der Waals surface area contributed by atoms with Crippen molar-refractivity contribution in [3.05, 3.63) is 12.7 Å². The van der Waals surface area contributed by atoms with Crippen molar-refractivity contribution in [2.45, 2.75) is 39.5 Å². The average Bonchev–Trinajstić information content (AvgIpc) is 2.04. The SMILES string of the molecule is C=CCC(CCl)CC(C)CCC. The van der Waals surface area contributed by atoms with E-state index in [4.69, 9.17) is 11.6 Å². The molecule has 0 aliphatic heterocycles. The van der Waals surface area contributed by atoms with E-state index in [-0.39, 0.29) is 0 Å². The van der Waals surface area contributed by atoms with E-state index in [9.17, 15) is 0 Å². The Morgan fingerprint density at radius 1 is 1.50 bits per heavy atom. The lowest BCUT2D eigenvalue weighted by molar-refractivity contribution is 0.397. The van der Waals surface area contributed by atoms with Gasteiger partial charge in [-0.25, -0.2) is 0 Å². The van der Waals surface area contributed by atoms with E-state index in [0.717, 1.165) is 18.2 Å². The number of allylic oxidation sites excluding steroid dienone is 1. The highest BCUT2D eigenvalue weighted by molar-refractivity contribution is 6.18. The van der Waals surface area contributed by atoms with Gasteiger partial charge in [0.2, 0.25) is 0 Å². The minimum absolute atomic E-state index is 0.644. The fourth-order valence-electron chi connectivity index (χ4n) is 1.64. The number of hydrogen-bond donors (Lipinski definition) is 0. The molecule has 0 radical (unpaired) electrons. The van der Waals surface area contributed by atoms with Crippen LogP contribution in [0, 0.1) is 11.8 Å². The Labute approximate surface area is 82.0 Å². The van der Waals surface area contributed by atoms with Crippen LogP contribution >= 0.6 is 11.6 Å². The summed E-state index contributed by atoms with van der Waals surface area (Å²) in [5, 5.41) is 0. The number of halogens is 1. The van der Waals surface area contributed by atoms with Crippen LogP contribution in [0.2, 0.25) is 0 Å². The van der Waals surface area contributed by atoms with Crippen LogP contribution in [0.1, 0.15) is 39.5 Å². The Balaban J connectivity index is 3.60. The summed E-state index contributed by atoms with van der Waals surface area (Å²) in [6.45, 7) is 8.29. The van der Waals surface area contributed by atoms with Gasteiger partial charge >= 0.3 is 0 Å². The molecule has 0 bridgehead atoms. The quantitative estimate of drug-likeness (QED) is 0.414. The molecule has 0 N–H and O–H groups in total. The standard InChI is InChI=1S/C11H21Cl/c1-4-6-10(3)8-11(9-12)7-5-2/h5,10-11H,2,4,6-9H2,1,3H3. The molecule has 1 heteroatoms. The van der Waals surface area contributed by atoms with Crippen molar-refractivity contribution < 1.29 is 0 Å².